The summed E-state index contributed by atoms with van der Waals surface area (Å²) in [4.78, 5) is 26.3. The Labute approximate surface area is 154 Å². The maximum Gasteiger partial charge on any atom is 0.239 e. The van der Waals surface area contributed by atoms with Gasteiger partial charge in [0.2, 0.25) is 21.8 Å². The minimum atomic E-state index is -3.26. The molecule has 0 spiro atoms. The number of terminal acetylenes is 1. The van der Waals surface area contributed by atoms with Crippen molar-refractivity contribution in [3.63, 3.8) is 0 Å². The Hall–Kier alpha value is -2.37. The lowest BCUT2D eigenvalue weighted by Crippen LogP contribution is -2.46. The van der Waals surface area contributed by atoms with Crippen molar-refractivity contribution < 1.29 is 18.0 Å². The maximum absolute atomic E-state index is 13.0. The predicted molar refractivity (Wildman–Crippen MR) is 99.9 cm³/mol. The van der Waals surface area contributed by atoms with E-state index < -0.39 is 10.0 Å². The molecule has 0 aliphatic carbocycles. The Kier molecular flexibility index (Phi) is 6.40. The van der Waals surface area contributed by atoms with Crippen molar-refractivity contribution in [2.24, 2.45) is 5.92 Å². The number of nitrogens with one attached hydrogen (secondary N) is 1. The van der Waals surface area contributed by atoms with Gasteiger partial charge < -0.3 is 10.2 Å². The molecule has 1 aromatic rings. The fraction of sp³-hybridized carbons (Fsp3) is 0.444. The molecule has 0 bridgehead atoms. The van der Waals surface area contributed by atoms with Crippen LogP contribution < -0.4 is 10.2 Å². The van der Waals surface area contributed by atoms with Crippen LogP contribution in [0.4, 0.5) is 5.69 Å². The molecule has 1 heterocycles. The van der Waals surface area contributed by atoms with Gasteiger partial charge in [-0.3, -0.25) is 9.59 Å². The van der Waals surface area contributed by atoms with Gasteiger partial charge in [-0.15, -0.1) is 6.42 Å². The molecule has 1 aromatic carbocycles. The van der Waals surface area contributed by atoms with Crippen molar-refractivity contribution in [1.29, 1.82) is 0 Å². The number of benzene rings is 1. The number of anilines is 1. The van der Waals surface area contributed by atoms with E-state index >= 15 is 0 Å². The summed E-state index contributed by atoms with van der Waals surface area (Å²) < 4.78 is 24.6. The highest BCUT2D eigenvalue weighted by molar-refractivity contribution is 7.88. The molecule has 1 aliphatic rings. The third-order valence-electron chi connectivity index (χ3n) is 4.44. The summed E-state index contributed by atoms with van der Waals surface area (Å²) in [5.74, 6) is 1.69. The zero-order valence-corrected chi connectivity index (χ0v) is 15.8. The smallest absolute Gasteiger partial charge is 0.239 e. The van der Waals surface area contributed by atoms with Crippen molar-refractivity contribution in [2.45, 2.75) is 12.8 Å². The highest BCUT2D eigenvalue weighted by atomic mass is 32.2. The van der Waals surface area contributed by atoms with Gasteiger partial charge in [0.15, 0.2) is 0 Å². The second-order valence-electron chi connectivity index (χ2n) is 6.23. The number of likely N-dealkylation sites (N-methyl/N-ethyl adjacent to an activating group) is 1. The molecule has 0 atom stereocenters. The predicted octanol–water partition coefficient (Wildman–Crippen LogP) is 0.419. The van der Waals surface area contributed by atoms with E-state index in [2.05, 4.69) is 11.2 Å². The summed E-state index contributed by atoms with van der Waals surface area (Å²) in [6, 6.07) is 6.90. The molecule has 2 rings (SSSR count). The van der Waals surface area contributed by atoms with Crippen LogP contribution in [0.25, 0.3) is 0 Å². The Balaban J connectivity index is 2.21. The van der Waals surface area contributed by atoms with Gasteiger partial charge >= 0.3 is 0 Å². The minimum Gasteiger partial charge on any atom is -0.358 e. The molecule has 0 saturated carbocycles. The highest BCUT2D eigenvalue weighted by Gasteiger charge is 2.32. The van der Waals surface area contributed by atoms with E-state index in [9.17, 15) is 18.0 Å². The van der Waals surface area contributed by atoms with Gasteiger partial charge in [-0.25, -0.2) is 12.7 Å². The molecule has 26 heavy (non-hydrogen) atoms. The Morgan fingerprint density at radius 2 is 2.00 bits per heavy atom. The molecule has 8 heteroatoms. The zero-order valence-electron chi connectivity index (χ0n) is 14.9. The topological polar surface area (TPSA) is 86.8 Å². The number of carbonyl (C=O) groups excluding carboxylic acids is 2. The molecule has 1 N–H and O–H groups in total. The number of carbonyl (C=O) groups is 2. The SMILES string of the molecule is C#Cc1cccc(N(CC(=O)NC)C(=O)C2CCN(S(C)(=O)=O)CC2)c1. The standard InChI is InChI=1S/C18H23N3O4S/c1-4-14-6-5-7-16(12-14)21(13-17(22)19-2)18(23)15-8-10-20(11-9-15)26(3,24)25/h1,5-7,12,15H,8-11,13H2,2-3H3,(H,19,22). The average molecular weight is 377 g/mol. The maximum atomic E-state index is 13.0. The molecule has 0 radical (unpaired) electrons. The third kappa shape index (κ3) is 4.84. The number of piperidine rings is 1. The van der Waals surface area contributed by atoms with Crippen LogP contribution in [0.2, 0.25) is 0 Å². The van der Waals surface area contributed by atoms with Crippen LogP contribution in [0, 0.1) is 18.3 Å². The lowest BCUT2D eigenvalue weighted by Gasteiger charge is -2.33. The summed E-state index contributed by atoms with van der Waals surface area (Å²) in [7, 11) is -1.75. The molecular formula is C18H23N3O4S. The van der Waals surface area contributed by atoms with Gasteiger partial charge in [0.1, 0.15) is 6.54 Å². The normalized spacial score (nSPS) is 15.9. The third-order valence-corrected chi connectivity index (χ3v) is 5.75. The summed E-state index contributed by atoms with van der Waals surface area (Å²) in [6.45, 7) is 0.483. The summed E-state index contributed by atoms with van der Waals surface area (Å²) in [5.41, 5.74) is 1.17. The quantitative estimate of drug-likeness (QED) is 0.754. The average Bonchev–Trinajstić information content (AvgIpc) is 2.64. The fourth-order valence-electron chi connectivity index (χ4n) is 2.94. The summed E-state index contributed by atoms with van der Waals surface area (Å²) in [5, 5.41) is 2.52. The minimum absolute atomic E-state index is 0.115. The fourth-order valence-corrected chi connectivity index (χ4v) is 3.81. The lowest BCUT2D eigenvalue weighted by atomic mass is 9.96. The number of hydrogen-bond acceptors (Lipinski definition) is 4. The van der Waals surface area contributed by atoms with E-state index in [0.29, 0.717) is 37.2 Å². The molecular weight excluding hydrogens is 354 g/mol. The number of hydrogen-bond donors (Lipinski definition) is 1. The van der Waals surface area contributed by atoms with Crippen LogP contribution in [0.3, 0.4) is 0 Å². The van der Waals surface area contributed by atoms with Crippen LogP contribution in [-0.2, 0) is 19.6 Å². The first-order chi connectivity index (χ1) is 12.3. The van der Waals surface area contributed by atoms with Crippen molar-refractivity contribution in [3.8, 4) is 12.3 Å². The Bertz CT molecular complexity index is 821. The van der Waals surface area contributed by atoms with Gasteiger partial charge in [-0.05, 0) is 31.0 Å². The molecule has 1 saturated heterocycles. The first-order valence-corrected chi connectivity index (χ1v) is 10.1. The van der Waals surface area contributed by atoms with Gasteiger partial charge in [-0.2, -0.15) is 0 Å². The van der Waals surface area contributed by atoms with E-state index in [1.54, 1.807) is 24.3 Å². The molecule has 1 fully saturated rings. The van der Waals surface area contributed by atoms with Crippen molar-refractivity contribution in [2.75, 3.05) is 37.8 Å². The number of sulfonamides is 1. The van der Waals surface area contributed by atoms with E-state index in [1.165, 1.54) is 22.5 Å². The van der Waals surface area contributed by atoms with Crippen molar-refractivity contribution in [1.82, 2.24) is 9.62 Å². The Morgan fingerprint density at radius 3 is 2.54 bits per heavy atom. The van der Waals surface area contributed by atoms with E-state index in [4.69, 9.17) is 6.42 Å². The number of amides is 2. The van der Waals surface area contributed by atoms with E-state index in [-0.39, 0.29) is 24.3 Å². The molecule has 7 nitrogen and oxygen atoms in total. The summed E-state index contributed by atoms with van der Waals surface area (Å²) in [6.07, 6.45) is 7.43. The highest BCUT2D eigenvalue weighted by Crippen LogP contribution is 2.25. The molecule has 140 valence electrons. The molecule has 2 amide bonds. The zero-order chi connectivity index (χ0) is 19.3. The molecule has 0 unspecified atom stereocenters. The van der Waals surface area contributed by atoms with Gasteiger partial charge in [0.05, 0.1) is 6.26 Å². The van der Waals surface area contributed by atoms with Crippen LogP contribution in [-0.4, -0.2) is 57.5 Å². The van der Waals surface area contributed by atoms with Crippen molar-refractivity contribution >= 4 is 27.5 Å². The van der Waals surface area contributed by atoms with Crippen LogP contribution in [0.5, 0.6) is 0 Å². The first kappa shape index (κ1) is 19.9. The van der Waals surface area contributed by atoms with E-state index in [0.717, 1.165) is 0 Å². The van der Waals surface area contributed by atoms with Crippen LogP contribution in [0.15, 0.2) is 24.3 Å². The summed E-state index contributed by atoms with van der Waals surface area (Å²) >= 11 is 0. The number of rotatable bonds is 5. The van der Waals surface area contributed by atoms with Gasteiger partial charge in [0.25, 0.3) is 0 Å². The van der Waals surface area contributed by atoms with Crippen molar-refractivity contribution in [3.05, 3.63) is 29.8 Å². The van der Waals surface area contributed by atoms with Crippen LogP contribution in [0.1, 0.15) is 18.4 Å². The second kappa shape index (κ2) is 8.34. The van der Waals surface area contributed by atoms with Crippen LogP contribution >= 0.6 is 0 Å². The van der Waals surface area contributed by atoms with E-state index in [1.807, 2.05) is 0 Å². The first-order valence-electron chi connectivity index (χ1n) is 8.30. The van der Waals surface area contributed by atoms with Gasteiger partial charge in [-0.1, -0.05) is 12.0 Å². The molecule has 0 aromatic heterocycles. The number of nitrogens with zero attached hydrogens (tertiary/aromatic N) is 2. The monoisotopic (exact) mass is 377 g/mol. The molecule has 1 aliphatic heterocycles. The second-order valence-corrected chi connectivity index (χ2v) is 8.21. The Morgan fingerprint density at radius 1 is 1.35 bits per heavy atom. The van der Waals surface area contributed by atoms with Gasteiger partial charge in [0, 0.05) is 37.3 Å². The lowest BCUT2D eigenvalue weighted by molar-refractivity contribution is -0.126. The largest absolute Gasteiger partial charge is 0.358 e.